The third kappa shape index (κ3) is 4.51. The predicted octanol–water partition coefficient (Wildman–Crippen LogP) is 2.20. The van der Waals surface area contributed by atoms with E-state index in [1.165, 1.54) is 0 Å². The monoisotopic (exact) mass is 390 g/mol. The van der Waals surface area contributed by atoms with Gasteiger partial charge in [-0.15, -0.1) is 0 Å². The highest BCUT2D eigenvalue weighted by molar-refractivity contribution is 7.92. The van der Waals surface area contributed by atoms with E-state index in [2.05, 4.69) is 5.32 Å². The van der Waals surface area contributed by atoms with Gasteiger partial charge in [0.1, 0.15) is 6.54 Å². The van der Waals surface area contributed by atoms with Crippen molar-refractivity contribution in [1.82, 2.24) is 5.32 Å². The van der Waals surface area contributed by atoms with E-state index in [9.17, 15) is 13.2 Å². The molecule has 0 saturated heterocycles. The third-order valence-corrected chi connectivity index (χ3v) is 5.98. The first-order chi connectivity index (χ1) is 12.9. The second-order valence-corrected chi connectivity index (χ2v) is 8.39. The number of amides is 1. The average molecular weight is 390 g/mol. The normalized spacial score (nSPS) is 12.7. The predicted molar refractivity (Wildman–Crippen MR) is 102 cm³/mol. The minimum atomic E-state index is -3.64. The lowest BCUT2D eigenvalue weighted by atomic mass is 10.1. The Morgan fingerprint density at radius 2 is 1.81 bits per heavy atom. The Balaban J connectivity index is 1.74. The van der Waals surface area contributed by atoms with Crippen LogP contribution in [0.25, 0.3) is 0 Å². The smallest absolute Gasteiger partial charge is 0.241 e. The van der Waals surface area contributed by atoms with Crippen molar-refractivity contribution in [2.75, 3.05) is 23.4 Å². The van der Waals surface area contributed by atoms with Crippen molar-refractivity contribution < 1.29 is 22.7 Å². The van der Waals surface area contributed by atoms with Gasteiger partial charge >= 0.3 is 0 Å². The summed E-state index contributed by atoms with van der Waals surface area (Å²) in [7, 11) is -3.64. The molecule has 1 heterocycles. The lowest BCUT2D eigenvalue weighted by Gasteiger charge is -2.23. The maximum absolute atomic E-state index is 12.5. The van der Waals surface area contributed by atoms with Crippen LogP contribution in [0.2, 0.25) is 0 Å². The summed E-state index contributed by atoms with van der Waals surface area (Å²) in [5, 5.41) is 2.77. The molecule has 144 valence electrons. The highest BCUT2D eigenvalue weighted by atomic mass is 32.2. The maximum Gasteiger partial charge on any atom is 0.241 e. The molecule has 2 aromatic carbocycles. The summed E-state index contributed by atoms with van der Waals surface area (Å²) >= 11 is 0. The van der Waals surface area contributed by atoms with E-state index in [0.717, 1.165) is 15.4 Å². The number of nitrogens with zero attached hydrogens (tertiary/aromatic N) is 1. The van der Waals surface area contributed by atoms with E-state index in [1.807, 2.05) is 31.2 Å². The molecule has 0 atom stereocenters. The van der Waals surface area contributed by atoms with Crippen LogP contribution in [0.1, 0.15) is 18.1 Å². The van der Waals surface area contributed by atoms with E-state index in [1.54, 1.807) is 25.1 Å². The van der Waals surface area contributed by atoms with Gasteiger partial charge in [-0.05, 0) is 31.5 Å². The van der Waals surface area contributed by atoms with Gasteiger partial charge in [0, 0.05) is 12.6 Å². The number of hydrogen-bond donors (Lipinski definition) is 1. The van der Waals surface area contributed by atoms with E-state index < -0.39 is 10.0 Å². The van der Waals surface area contributed by atoms with E-state index in [0.29, 0.717) is 23.7 Å². The second-order valence-electron chi connectivity index (χ2n) is 6.21. The Kier molecular flexibility index (Phi) is 5.55. The Morgan fingerprint density at radius 3 is 2.52 bits per heavy atom. The van der Waals surface area contributed by atoms with Crippen molar-refractivity contribution >= 4 is 21.6 Å². The molecule has 0 aliphatic carbocycles. The number of carbonyl (C=O) groups excluding carboxylic acids is 1. The van der Waals surface area contributed by atoms with Gasteiger partial charge < -0.3 is 14.8 Å². The van der Waals surface area contributed by atoms with E-state index >= 15 is 0 Å². The molecule has 3 rings (SSSR count). The van der Waals surface area contributed by atoms with Crippen LogP contribution in [0.3, 0.4) is 0 Å². The van der Waals surface area contributed by atoms with Crippen LogP contribution in [0.5, 0.6) is 11.5 Å². The number of benzene rings is 2. The highest BCUT2D eigenvalue weighted by Crippen LogP contribution is 2.36. The quantitative estimate of drug-likeness (QED) is 0.783. The van der Waals surface area contributed by atoms with Gasteiger partial charge in [0.15, 0.2) is 11.5 Å². The first kappa shape index (κ1) is 19.0. The highest BCUT2D eigenvalue weighted by Gasteiger charge is 2.25. The Labute approximate surface area is 158 Å². The fraction of sp³-hybridized carbons (Fsp3) is 0.316. The fourth-order valence-electron chi connectivity index (χ4n) is 2.64. The van der Waals surface area contributed by atoms with E-state index in [4.69, 9.17) is 9.47 Å². The molecular weight excluding hydrogens is 368 g/mol. The summed E-state index contributed by atoms with van der Waals surface area (Å²) in [5.41, 5.74) is 2.45. The summed E-state index contributed by atoms with van der Waals surface area (Å²) in [6, 6.07) is 12.6. The average Bonchev–Trinajstić information content (AvgIpc) is 3.13. The standard InChI is InChI=1S/C19H22N2O5S/c1-3-27(23,24)21(16-8-9-17-18(10-16)26-13-25-17)12-19(22)20-11-15-6-4-14(2)5-7-15/h4-10H,3,11-13H2,1-2H3,(H,20,22). The second kappa shape index (κ2) is 7.87. The van der Waals surface area contributed by atoms with Crippen LogP contribution in [0, 0.1) is 6.92 Å². The topological polar surface area (TPSA) is 84.9 Å². The lowest BCUT2D eigenvalue weighted by Crippen LogP contribution is -2.41. The molecule has 2 aromatic rings. The summed E-state index contributed by atoms with van der Waals surface area (Å²) in [6.45, 7) is 3.65. The third-order valence-electron chi connectivity index (χ3n) is 4.24. The van der Waals surface area contributed by atoms with Crippen LogP contribution < -0.4 is 19.1 Å². The molecule has 8 heteroatoms. The zero-order chi connectivity index (χ0) is 19.4. The molecule has 0 fully saturated rings. The van der Waals surface area contributed by atoms with Crippen LogP contribution in [0.4, 0.5) is 5.69 Å². The molecule has 0 spiro atoms. The number of carbonyl (C=O) groups is 1. The maximum atomic E-state index is 12.5. The Hall–Kier alpha value is -2.74. The SMILES string of the molecule is CCS(=O)(=O)N(CC(=O)NCc1ccc(C)cc1)c1ccc2c(c1)OCO2. The van der Waals surface area contributed by atoms with Gasteiger partial charge in [0.25, 0.3) is 0 Å². The molecule has 0 bridgehead atoms. The Bertz CT molecular complexity index is 926. The van der Waals surface area contributed by atoms with E-state index in [-0.39, 0.29) is 25.0 Å². The first-order valence-electron chi connectivity index (χ1n) is 8.61. The van der Waals surface area contributed by atoms with Gasteiger partial charge in [-0.2, -0.15) is 0 Å². The number of aryl methyl sites for hydroxylation is 1. The molecule has 0 aromatic heterocycles. The molecule has 0 saturated carbocycles. The zero-order valence-electron chi connectivity index (χ0n) is 15.3. The molecule has 1 N–H and O–H groups in total. The molecule has 1 aliphatic heterocycles. The van der Waals surface area contributed by atoms with Gasteiger partial charge in [0.2, 0.25) is 22.7 Å². The molecular formula is C19H22N2O5S. The number of hydrogen-bond acceptors (Lipinski definition) is 5. The minimum Gasteiger partial charge on any atom is -0.454 e. The zero-order valence-corrected chi connectivity index (χ0v) is 16.1. The van der Waals surface area contributed by atoms with Gasteiger partial charge in [-0.1, -0.05) is 29.8 Å². The van der Waals surface area contributed by atoms with Crippen LogP contribution >= 0.6 is 0 Å². The molecule has 7 nitrogen and oxygen atoms in total. The number of fused-ring (bicyclic) bond motifs is 1. The van der Waals surface area contributed by atoms with Crippen molar-refractivity contribution in [3.05, 3.63) is 53.6 Å². The Morgan fingerprint density at radius 1 is 1.11 bits per heavy atom. The summed E-state index contributed by atoms with van der Waals surface area (Å²) < 4.78 is 36.7. The molecule has 1 amide bonds. The van der Waals surface area contributed by atoms with Crippen molar-refractivity contribution in [3.63, 3.8) is 0 Å². The minimum absolute atomic E-state index is 0.0936. The van der Waals surface area contributed by atoms with Crippen LogP contribution in [-0.2, 0) is 21.4 Å². The summed E-state index contributed by atoms with van der Waals surface area (Å²) in [5.74, 6) is 0.512. The molecule has 0 unspecified atom stereocenters. The molecule has 0 radical (unpaired) electrons. The summed E-state index contributed by atoms with van der Waals surface area (Å²) in [6.07, 6.45) is 0. The summed E-state index contributed by atoms with van der Waals surface area (Å²) in [4.78, 5) is 12.4. The van der Waals surface area contributed by atoms with Gasteiger partial charge in [-0.25, -0.2) is 8.42 Å². The van der Waals surface area contributed by atoms with Gasteiger partial charge in [-0.3, -0.25) is 9.10 Å². The fourth-order valence-corrected chi connectivity index (χ4v) is 3.70. The lowest BCUT2D eigenvalue weighted by molar-refractivity contribution is -0.119. The van der Waals surface area contributed by atoms with Crippen LogP contribution in [0.15, 0.2) is 42.5 Å². The number of nitrogens with one attached hydrogen (secondary N) is 1. The molecule has 1 aliphatic rings. The number of sulfonamides is 1. The first-order valence-corrected chi connectivity index (χ1v) is 10.2. The number of anilines is 1. The van der Waals surface area contributed by atoms with Crippen molar-refractivity contribution in [3.8, 4) is 11.5 Å². The molecule has 27 heavy (non-hydrogen) atoms. The van der Waals surface area contributed by atoms with Crippen molar-refractivity contribution in [1.29, 1.82) is 0 Å². The number of ether oxygens (including phenoxy) is 2. The van der Waals surface area contributed by atoms with Crippen molar-refractivity contribution in [2.24, 2.45) is 0 Å². The number of rotatable bonds is 7. The van der Waals surface area contributed by atoms with Crippen LogP contribution in [-0.4, -0.2) is 33.4 Å². The largest absolute Gasteiger partial charge is 0.454 e. The van der Waals surface area contributed by atoms with Gasteiger partial charge in [0.05, 0.1) is 11.4 Å². The van der Waals surface area contributed by atoms with Crippen molar-refractivity contribution in [2.45, 2.75) is 20.4 Å².